The van der Waals surface area contributed by atoms with Crippen LogP contribution >= 0.6 is 11.3 Å². The van der Waals surface area contributed by atoms with Gasteiger partial charge >= 0.3 is 0 Å². The highest BCUT2D eigenvalue weighted by Crippen LogP contribution is 2.23. The largest absolute Gasteiger partial charge is 0.350 e. The van der Waals surface area contributed by atoms with Gasteiger partial charge in [0.25, 0.3) is 0 Å². The number of thiophene rings is 1. The number of carbonyl (C=O) groups is 1. The highest BCUT2D eigenvalue weighted by molar-refractivity contribution is 7.10. The molecule has 1 aromatic carbocycles. The van der Waals surface area contributed by atoms with Gasteiger partial charge in [-0.25, -0.2) is 0 Å². The first kappa shape index (κ1) is 13.8. The molecule has 0 fully saturated rings. The van der Waals surface area contributed by atoms with Crippen LogP contribution in [0, 0.1) is 6.92 Å². The highest BCUT2D eigenvalue weighted by atomic mass is 32.1. The summed E-state index contributed by atoms with van der Waals surface area (Å²) in [4.78, 5) is 13.6. The van der Waals surface area contributed by atoms with E-state index >= 15 is 0 Å². The minimum absolute atomic E-state index is 0.0616. The van der Waals surface area contributed by atoms with Crippen LogP contribution in [0.15, 0.2) is 41.8 Å². The van der Waals surface area contributed by atoms with Gasteiger partial charge in [0.15, 0.2) is 0 Å². The third-order valence-corrected chi connectivity index (χ3v) is 4.46. The molecule has 1 aromatic heterocycles. The Hall–Kier alpha value is -1.61. The van der Waals surface area contributed by atoms with Gasteiger partial charge in [-0.05, 0) is 43.3 Å². The zero-order chi connectivity index (χ0) is 13.9. The van der Waals surface area contributed by atoms with Crippen molar-refractivity contribution in [1.82, 2.24) is 5.32 Å². The Morgan fingerprint density at radius 1 is 1.21 bits per heavy atom. The van der Waals surface area contributed by atoms with Crippen LogP contribution < -0.4 is 5.32 Å². The molecule has 2 nitrogen and oxygen atoms in total. The molecule has 0 spiro atoms. The number of nitrogens with one attached hydrogen (secondary N) is 1. The van der Waals surface area contributed by atoms with E-state index in [1.165, 1.54) is 10.4 Å². The molecule has 1 amide bonds. The summed E-state index contributed by atoms with van der Waals surface area (Å²) in [6.45, 7) is 6.59. The monoisotopic (exact) mass is 273 g/mol. The molecule has 0 bridgehead atoms. The summed E-state index contributed by atoms with van der Waals surface area (Å²) < 4.78 is 0. The lowest BCUT2D eigenvalue weighted by atomic mass is 9.84. The van der Waals surface area contributed by atoms with E-state index in [9.17, 15) is 4.79 Å². The van der Waals surface area contributed by atoms with Crippen LogP contribution in [0.25, 0.3) is 0 Å². The molecular weight excluding hydrogens is 254 g/mol. The fourth-order valence-electron chi connectivity index (χ4n) is 1.95. The normalized spacial score (nSPS) is 11.3. The Labute approximate surface area is 118 Å². The first-order chi connectivity index (χ1) is 9.01. The summed E-state index contributed by atoms with van der Waals surface area (Å²) in [6.07, 6.45) is 0. The van der Waals surface area contributed by atoms with E-state index in [-0.39, 0.29) is 5.91 Å². The molecule has 2 rings (SSSR count). The molecule has 0 saturated carbocycles. The first-order valence-corrected chi connectivity index (χ1v) is 7.26. The van der Waals surface area contributed by atoms with Gasteiger partial charge in [0.1, 0.15) is 0 Å². The fraction of sp³-hybridized carbons (Fsp3) is 0.312. The zero-order valence-electron chi connectivity index (χ0n) is 11.6. The lowest BCUT2D eigenvalue weighted by Gasteiger charge is -2.24. The maximum atomic E-state index is 12.4. The summed E-state index contributed by atoms with van der Waals surface area (Å²) >= 11 is 1.68. The zero-order valence-corrected chi connectivity index (χ0v) is 12.4. The summed E-state index contributed by atoms with van der Waals surface area (Å²) in [5.41, 5.74) is 1.77. The van der Waals surface area contributed by atoms with Crippen molar-refractivity contribution in [1.29, 1.82) is 0 Å². The number of rotatable bonds is 4. The molecule has 0 saturated heterocycles. The van der Waals surface area contributed by atoms with Crippen molar-refractivity contribution in [3.8, 4) is 0 Å². The molecule has 3 heteroatoms. The van der Waals surface area contributed by atoms with Crippen molar-refractivity contribution >= 4 is 17.2 Å². The predicted octanol–water partition coefficient (Wildman–Crippen LogP) is 3.65. The first-order valence-electron chi connectivity index (χ1n) is 6.38. The van der Waals surface area contributed by atoms with E-state index in [0.29, 0.717) is 6.54 Å². The van der Waals surface area contributed by atoms with E-state index in [1.807, 2.05) is 44.2 Å². The van der Waals surface area contributed by atoms with Gasteiger partial charge in [0.2, 0.25) is 5.91 Å². The lowest BCUT2D eigenvalue weighted by Crippen LogP contribution is -2.39. The second-order valence-corrected chi connectivity index (χ2v) is 6.20. The average molecular weight is 273 g/mol. The number of benzene rings is 1. The lowest BCUT2D eigenvalue weighted by molar-refractivity contribution is -0.125. The summed E-state index contributed by atoms with van der Waals surface area (Å²) in [7, 11) is 0. The van der Waals surface area contributed by atoms with Gasteiger partial charge in [0, 0.05) is 4.88 Å². The molecule has 0 aliphatic carbocycles. The smallest absolute Gasteiger partial charge is 0.230 e. The van der Waals surface area contributed by atoms with Crippen LogP contribution in [-0.4, -0.2) is 5.91 Å². The van der Waals surface area contributed by atoms with Crippen molar-refractivity contribution in [2.75, 3.05) is 0 Å². The molecule has 2 aromatic rings. The third-order valence-electron chi connectivity index (χ3n) is 3.44. The molecule has 0 aliphatic heterocycles. The van der Waals surface area contributed by atoms with Gasteiger partial charge in [0.05, 0.1) is 12.0 Å². The molecule has 0 atom stereocenters. The summed E-state index contributed by atoms with van der Waals surface area (Å²) in [6, 6.07) is 12.0. The van der Waals surface area contributed by atoms with E-state index < -0.39 is 5.41 Å². The van der Waals surface area contributed by atoms with E-state index in [1.54, 1.807) is 11.3 Å². The number of carbonyl (C=O) groups excluding carboxylic acids is 1. The topological polar surface area (TPSA) is 29.1 Å². The van der Waals surface area contributed by atoms with Crippen molar-refractivity contribution in [3.05, 3.63) is 57.8 Å². The van der Waals surface area contributed by atoms with Crippen LogP contribution in [0.5, 0.6) is 0 Å². The standard InChI is InChI=1S/C16H19NOS/c1-12-9-10-19-14(12)11-17-15(18)16(2,3)13-7-5-4-6-8-13/h4-10H,11H2,1-3H3,(H,17,18). The molecule has 100 valence electrons. The SMILES string of the molecule is Cc1ccsc1CNC(=O)C(C)(C)c1ccccc1. The van der Waals surface area contributed by atoms with Crippen molar-refractivity contribution < 1.29 is 4.79 Å². The molecule has 0 aliphatic rings. The Morgan fingerprint density at radius 3 is 2.47 bits per heavy atom. The fourth-order valence-corrected chi connectivity index (χ4v) is 2.80. The Kier molecular flexibility index (Phi) is 4.05. The number of hydrogen-bond donors (Lipinski definition) is 1. The maximum Gasteiger partial charge on any atom is 0.230 e. The van der Waals surface area contributed by atoms with E-state index in [2.05, 4.69) is 23.7 Å². The van der Waals surface area contributed by atoms with Gasteiger partial charge in [-0.3, -0.25) is 4.79 Å². The molecular formula is C16H19NOS. The van der Waals surface area contributed by atoms with Gasteiger partial charge in [-0.2, -0.15) is 0 Å². The minimum atomic E-state index is -0.508. The van der Waals surface area contributed by atoms with Crippen molar-refractivity contribution in [2.24, 2.45) is 0 Å². The van der Waals surface area contributed by atoms with Crippen LogP contribution in [0.2, 0.25) is 0 Å². The molecule has 19 heavy (non-hydrogen) atoms. The van der Waals surface area contributed by atoms with Crippen LogP contribution in [0.3, 0.4) is 0 Å². The van der Waals surface area contributed by atoms with Crippen molar-refractivity contribution in [3.63, 3.8) is 0 Å². The molecule has 1 heterocycles. The second-order valence-electron chi connectivity index (χ2n) is 5.20. The Bertz CT molecular complexity index is 557. The summed E-state index contributed by atoms with van der Waals surface area (Å²) in [5.74, 6) is 0.0616. The van der Waals surface area contributed by atoms with Gasteiger partial charge in [-0.15, -0.1) is 11.3 Å². The molecule has 0 radical (unpaired) electrons. The number of hydrogen-bond acceptors (Lipinski definition) is 2. The van der Waals surface area contributed by atoms with E-state index in [4.69, 9.17) is 0 Å². The van der Waals surface area contributed by atoms with Gasteiger partial charge in [-0.1, -0.05) is 30.3 Å². The summed E-state index contributed by atoms with van der Waals surface area (Å²) in [5, 5.41) is 5.09. The van der Waals surface area contributed by atoms with Crippen LogP contribution in [0.1, 0.15) is 29.9 Å². The molecule has 0 unspecified atom stereocenters. The van der Waals surface area contributed by atoms with E-state index in [0.717, 1.165) is 5.56 Å². The van der Waals surface area contributed by atoms with Gasteiger partial charge < -0.3 is 5.32 Å². The quantitative estimate of drug-likeness (QED) is 0.905. The third kappa shape index (κ3) is 3.04. The number of aryl methyl sites for hydroxylation is 1. The van der Waals surface area contributed by atoms with Crippen LogP contribution in [-0.2, 0) is 16.8 Å². The number of amides is 1. The second kappa shape index (κ2) is 5.57. The predicted molar refractivity (Wildman–Crippen MR) is 80.4 cm³/mol. The Balaban J connectivity index is 2.05. The highest BCUT2D eigenvalue weighted by Gasteiger charge is 2.29. The van der Waals surface area contributed by atoms with Crippen LogP contribution in [0.4, 0.5) is 0 Å². The average Bonchev–Trinajstić information content (AvgIpc) is 2.82. The maximum absolute atomic E-state index is 12.4. The Morgan fingerprint density at radius 2 is 1.89 bits per heavy atom. The minimum Gasteiger partial charge on any atom is -0.350 e. The molecule has 1 N–H and O–H groups in total. The van der Waals surface area contributed by atoms with Crippen molar-refractivity contribution in [2.45, 2.75) is 32.7 Å².